The average Bonchev–Trinajstić information content (AvgIpc) is 2.01. The monoisotopic (exact) mass is 177 g/mol. The zero-order valence-electron chi connectivity index (χ0n) is 8.22. The molecule has 1 aromatic rings. The Morgan fingerprint density at radius 2 is 2.31 bits per heavy atom. The minimum absolute atomic E-state index is 0. The van der Waals surface area contributed by atoms with E-state index in [0.29, 0.717) is 0 Å². The van der Waals surface area contributed by atoms with Gasteiger partial charge in [0.2, 0.25) is 0 Å². The molecule has 0 unspecified atom stereocenters. The van der Waals surface area contributed by atoms with Gasteiger partial charge in [-0.1, -0.05) is 36.2 Å². The number of nitrogens with one attached hydrogen (secondary N) is 1. The standard InChI is InChI=1S/C12H17N.H2/c1-10-4-2-5-11(8-10)9-13-12-6-3-7-12;/h2,4-5,8,12-13H,3,6-7,9H2,1H3;1H. The fraction of sp³-hybridized carbons (Fsp3) is 0.500. The Labute approximate surface area is 81.6 Å². The van der Waals surface area contributed by atoms with Gasteiger partial charge in [0.1, 0.15) is 0 Å². The van der Waals surface area contributed by atoms with E-state index in [1.165, 1.54) is 30.4 Å². The van der Waals surface area contributed by atoms with E-state index < -0.39 is 0 Å². The Morgan fingerprint density at radius 1 is 1.46 bits per heavy atom. The Kier molecular flexibility index (Phi) is 2.65. The molecule has 1 saturated carbocycles. The second-order valence-corrected chi connectivity index (χ2v) is 4.00. The van der Waals surface area contributed by atoms with Crippen molar-refractivity contribution >= 4 is 0 Å². The van der Waals surface area contributed by atoms with E-state index in [-0.39, 0.29) is 1.43 Å². The molecular weight excluding hydrogens is 158 g/mol. The third-order valence-corrected chi connectivity index (χ3v) is 2.78. The summed E-state index contributed by atoms with van der Waals surface area (Å²) in [5, 5.41) is 3.56. The highest BCUT2D eigenvalue weighted by atomic mass is 14.9. The van der Waals surface area contributed by atoms with E-state index in [1.807, 2.05) is 0 Å². The maximum absolute atomic E-state index is 3.56. The van der Waals surface area contributed by atoms with E-state index in [0.717, 1.165) is 12.6 Å². The average molecular weight is 177 g/mol. The Morgan fingerprint density at radius 3 is 2.92 bits per heavy atom. The predicted molar refractivity (Wildman–Crippen MR) is 57.8 cm³/mol. The quantitative estimate of drug-likeness (QED) is 0.748. The van der Waals surface area contributed by atoms with Crippen molar-refractivity contribution in [3.05, 3.63) is 35.4 Å². The lowest BCUT2D eigenvalue weighted by Gasteiger charge is -2.26. The van der Waals surface area contributed by atoms with Crippen LogP contribution in [0.2, 0.25) is 0 Å². The van der Waals surface area contributed by atoms with Gasteiger partial charge in [0, 0.05) is 14.0 Å². The van der Waals surface area contributed by atoms with Crippen LogP contribution in [0.15, 0.2) is 24.3 Å². The number of rotatable bonds is 3. The lowest BCUT2D eigenvalue weighted by Crippen LogP contribution is -2.34. The summed E-state index contributed by atoms with van der Waals surface area (Å²) < 4.78 is 0. The Bertz CT molecular complexity index is 281. The number of hydrogen-bond donors (Lipinski definition) is 1. The molecule has 1 aliphatic rings. The summed E-state index contributed by atoms with van der Waals surface area (Å²) in [5.41, 5.74) is 2.76. The summed E-state index contributed by atoms with van der Waals surface area (Å²) in [4.78, 5) is 0. The first kappa shape index (κ1) is 8.76. The van der Waals surface area contributed by atoms with Crippen LogP contribution in [0.5, 0.6) is 0 Å². The maximum atomic E-state index is 3.56. The number of hydrogen-bond acceptors (Lipinski definition) is 1. The third kappa shape index (κ3) is 2.31. The molecule has 0 radical (unpaired) electrons. The fourth-order valence-corrected chi connectivity index (χ4v) is 1.70. The molecule has 13 heavy (non-hydrogen) atoms. The predicted octanol–water partition coefficient (Wildman–Crippen LogP) is 2.88. The van der Waals surface area contributed by atoms with Gasteiger partial charge >= 0.3 is 0 Å². The van der Waals surface area contributed by atoms with Crippen LogP contribution in [-0.2, 0) is 6.54 Å². The van der Waals surface area contributed by atoms with Crippen molar-refractivity contribution in [2.75, 3.05) is 0 Å². The van der Waals surface area contributed by atoms with Crippen molar-refractivity contribution in [1.29, 1.82) is 0 Å². The van der Waals surface area contributed by atoms with Gasteiger partial charge in [-0.2, -0.15) is 0 Å². The fourth-order valence-electron chi connectivity index (χ4n) is 1.70. The zero-order valence-corrected chi connectivity index (χ0v) is 8.22. The molecule has 1 nitrogen and oxygen atoms in total. The molecule has 2 rings (SSSR count). The van der Waals surface area contributed by atoms with Crippen molar-refractivity contribution in [3.63, 3.8) is 0 Å². The van der Waals surface area contributed by atoms with Crippen LogP contribution in [0, 0.1) is 6.92 Å². The molecule has 0 bridgehead atoms. The molecule has 0 aliphatic heterocycles. The van der Waals surface area contributed by atoms with Gasteiger partial charge in [0.05, 0.1) is 0 Å². The normalized spacial score (nSPS) is 17.0. The number of aryl methyl sites for hydroxylation is 1. The van der Waals surface area contributed by atoms with Crippen molar-refractivity contribution in [2.24, 2.45) is 0 Å². The van der Waals surface area contributed by atoms with Gasteiger partial charge < -0.3 is 5.32 Å². The summed E-state index contributed by atoms with van der Waals surface area (Å²) in [6.45, 7) is 3.18. The first-order valence-corrected chi connectivity index (χ1v) is 5.13. The summed E-state index contributed by atoms with van der Waals surface area (Å²) in [6.07, 6.45) is 4.14. The first-order chi connectivity index (χ1) is 6.34. The third-order valence-electron chi connectivity index (χ3n) is 2.78. The summed E-state index contributed by atoms with van der Waals surface area (Å²) >= 11 is 0. The largest absolute Gasteiger partial charge is 0.310 e. The summed E-state index contributed by atoms with van der Waals surface area (Å²) in [6, 6.07) is 9.52. The van der Waals surface area contributed by atoms with Crippen LogP contribution >= 0.6 is 0 Å². The highest BCUT2D eigenvalue weighted by Crippen LogP contribution is 2.18. The van der Waals surface area contributed by atoms with E-state index in [2.05, 4.69) is 36.5 Å². The van der Waals surface area contributed by atoms with Crippen molar-refractivity contribution in [1.82, 2.24) is 5.32 Å². The lowest BCUT2D eigenvalue weighted by atomic mass is 9.93. The molecule has 72 valence electrons. The minimum atomic E-state index is 0. The van der Waals surface area contributed by atoms with Gasteiger partial charge in [-0.15, -0.1) is 0 Å². The van der Waals surface area contributed by atoms with E-state index in [9.17, 15) is 0 Å². The molecule has 0 saturated heterocycles. The van der Waals surface area contributed by atoms with Crippen molar-refractivity contribution < 1.29 is 1.43 Å². The van der Waals surface area contributed by atoms with Crippen molar-refractivity contribution in [3.8, 4) is 0 Å². The minimum Gasteiger partial charge on any atom is -0.310 e. The van der Waals surface area contributed by atoms with Crippen LogP contribution in [0.1, 0.15) is 31.8 Å². The molecule has 1 heteroatoms. The smallest absolute Gasteiger partial charge is 0.0208 e. The van der Waals surface area contributed by atoms with Gasteiger partial charge in [0.25, 0.3) is 0 Å². The molecule has 0 aromatic heterocycles. The highest BCUT2D eigenvalue weighted by molar-refractivity contribution is 5.22. The molecule has 1 aliphatic carbocycles. The SMILES string of the molecule is Cc1cccc(CNC2CCC2)c1.[HH]. The lowest BCUT2D eigenvalue weighted by molar-refractivity contribution is 0.338. The van der Waals surface area contributed by atoms with E-state index in [1.54, 1.807) is 0 Å². The molecule has 0 atom stereocenters. The van der Waals surface area contributed by atoms with Gasteiger partial charge in [0.15, 0.2) is 0 Å². The zero-order chi connectivity index (χ0) is 9.10. The Balaban J connectivity index is 0.000000980. The molecule has 0 amide bonds. The van der Waals surface area contributed by atoms with Crippen LogP contribution in [-0.4, -0.2) is 6.04 Å². The van der Waals surface area contributed by atoms with Crippen molar-refractivity contribution in [2.45, 2.75) is 38.8 Å². The molecule has 1 fully saturated rings. The number of benzene rings is 1. The first-order valence-electron chi connectivity index (χ1n) is 5.13. The molecule has 1 N–H and O–H groups in total. The second-order valence-electron chi connectivity index (χ2n) is 4.00. The molecule has 0 spiro atoms. The van der Waals surface area contributed by atoms with Crippen LogP contribution < -0.4 is 5.32 Å². The topological polar surface area (TPSA) is 12.0 Å². The van der Waals surface area contributed by atoms with Gasteiger partial charge in [-0.25, -0.2) is 0 Å². The molecular formula is C12H19N. The molecule has 0 heterocycles. The highest BCUT2D eigenvalue weighted by Gasteiger charge is 2.15. The van der Waals surface area contributed by atoms with E-state index in [4.69, 9.17) is 0 Å². The van der Waals surface area contributed by atoms with Crippen LogP contribution in [0.25, 0.3) is 0 Å². The van der Waals surface area contributed by atoms with Crippen LogP contribution in [0.3, 0.4) is 0 Å². The summed E-state index contributed by atoms with van der Waals surface area (Å²) in [7, 11) is 0. The van der Waals surface area contributed by atoms with Gasteiger partial charge in [-0.05, 0) is 25.3 Å². The van der Waals surface area contributed by atoms with Gasteiger partial charge in [-0.3, -0.25) is 0 Å². The Hall–Kier alpha value is -0.820. The maximum Gasteiger partial charge on any atom is 0.0208 e. The second kappa shape index (κ2) is 3.93. The summed E-state index contributed by atoms with van der Waals surface area (Å²) in [5.74, 6) is 0. The van der Waals surface area contributed by atoms with E-state index >= 15 is 0 Å². The van der Waals surface area contributed by atoms with Crippen LogP contribution in [0.4, 0.5) is 0 Å². The molecule has 1 aromatic carbocycles.